The van der Waals surface area contributed by atoms with E-state index < -0.39 is 0 Å². The van der Waals surface area contributed by atoms with Crippen LogP contribution in [0.4, 0.5) is 0 Å². The fraction of sp³-hybridized carbons (Fsp3) is 0.625. The minimum Gasteiger partial charge on any atom is -0.323 e. The molecule has 0 aromatic heterocycles. The van der Waals surface area contributed by atoms with E-state index in [9.17, 15) is 0 Å². The number of benzene rings is 1. The van der Waals surface area contributed by atoms with Crippen molar-refractivity contribution in [3.05, 3.63) is 34.3 Å². The lowest BCUT2D eigenvalue weighted by Gasteiger charge is -2.43. The SMILES string of the molecule is CC(C)N1CCC2(CC1)Cc1ccc(Cl)cc1[C@H]2N. The van der Waals surface area contributed by atoms with Crippen LogP contribution < -0.4 is 5.73 Å². The minimum absolute atomic E-state index is 0.163. The molecule has 1 atom stereocenters. The number of rotatable bonds is 1. The molecule has 0 unspecified atom stereocenters. The van der Waals surface area contributed by atoms with Gasteiger partial charge in [-0.3, -0.25) is 0 Å². The van der Waals surface area contributed by atoms with E-state index in [-0.39, 0.29) is 11.5 Å². The first-order valence-corrected chi connectivity index (χ1v) is 7.68. The maximum Gasteiger partial charge on any atom is 0.0409 e. The van der Waals surface area contributed by atoms with E-state index in [1.807, 2.05) is 6.07 Å². The van der Waals surface area contributed by atoms with Crippen LogP contribution in [0.2, 0.25) is 5.02 Å². The van der Waals surface area contributed by atoms with E-state index in [4.69, 9.17) is 17.3 Å². The van der Waals surface area contributed by atoms with Crippen molar-refractivity contribution in [2.24, 2.45) is 11.1 Å². The summed E-state index contributed by atoms with van der Waals surface area (Å²) < 4.78 is 0. The molecule has 1 saturated heterocycles. The van der Waals surface area contributed by atoms with Crippen LogP contribution in [0.5, 0.6) is 0 Å². The number of nitrogens with two attached hydrogens (primary N) is 1. The number of hydrogen-bond donors (Lipinski definition) is 1. The number of halogens is 1. The maximum absolute atomic E-state index is 6.57. The summed E-state index contributed by atoms with van der Waals surface area (Å²) >= 11 is 6.12. The second-order valence-corrected chi connectivity index (χ2v) is 6.93. The van der Waals surface area contributed by atoms with Gasteiger partial charge in [-0.25, -0.2) is 0 Å². The van der Waals surface area contributed by atoms with Gasteiger partial charge in [0.05, 0.1) is 0 Å². The van der Waals surface area contributed by atoms with Gasteiger partial charge >= 0.3 is 0 Å². The van der Waals surface area contributed by atoms with E-state index >= 15 is 0 Å². The summed E-state index contributed by atoms with van der Waals surface area (Å²) in [6, 6.07) is 7.05. The molecule has 1 aliphatic heterocycles. The zero-order valence-electron chi connectivity index (χ0n) is 11.8. The molecule has 3 rings (SSSR count). The van der Waals surface area contributed by atoms with Gasteiger partial charge in [0, 0.05) is 17.1 Å². The summed E-state index contributed by atoms with van der Waals surface area (Å²) in [4.78, 5) is 2.56. The summed E-state index contributed by atoms with van der Waals surface area (Å²) in [5, 5.41) is 0.811. The second kappa shape index (κ2) is 4.76. The molecule has 0 bridgehead atoms. The smallest absolute Gasteiger partial charge is 0.0409 e. The highest BCUT2D eigenvalue weighted by molar-refractivity contribution is 6.30. The van der Waals surface area contributed by atoms with Gasteiger partial charge in [0.25, 0.3) is 0 Å². The average molecular weight is 279 g/mol. The van der Waals surface area contributed by atoms with Crippen LogP contribution in [0, 0.1) is 5.41 Å². The number of nitrogens with zero attached hydrogens (tertiary/aromatic N) is 1. The Hall–Kier alpha value is -0.570. The normalized spacial score (nSPS) is 26.1. The highest BCUT2D eigenvalue weighted by atomic mass is 35.5. The van der Waals surface area contributed by atoms with Gasteiger partial charge in [-0.1, -0.05) is 17.7 Å². The highest BCUT2D eigenvalue weighted by Gasteiger charge is 2.45. The lowest BCUT2D eigenvalue weighted by Crippen LogP contribution is -2.46. The van der Waals surface area contributed by atoms with E-state index in [1.54, 1.807) is 0 Å². The summed E-state index contributed by atoms with van der Waals surface area (Å²) in [5.74, 6) is 0. The lowest BCUT2D eigenvalue weighted by atomic mass is 9.73. The van der Waals surface area contributed by atoms with Crippen LogP contribution in [0.1, 0.15) is 43.9 Å². The Morgan fingerprint density at radius 2 is 2.00 bits per heavy atom. The minimum atomic E-state index is 0.163. The van der Waals surface area contributed by atoms with Crippen molar-refractivity contribution in [3.63, 3.8) is 0 Å². The van der Waals surface area contributed by atoms with Gasteiger partial charge in [0.15, 0.2) is 0 Å². The number of likely N-dealkylation sites (tertiary alicyclic amines) is 1. The van der Waals surface area contributed by atoms with Gasteiger partial charge < -0.3 is 10.6 Å². The molecule has 104 valence electrons. The Balaban J connectivity index is 1.82. The monoisotopic (exact) mass is 278 g/mol. The first-order valence-electron chi connectivity index (χ1n) is 7.30. The average Bonchev–Trinajstić information content (AvgIpc) is 2.64. The summed E-state index contributed by atoms with van der Waals surface area (Å²) in [6.07, 6.45) is 3.55. The second-order valence-electron chi connectivity index (χ2n) is 6.49. The maximum atomic E-state index is 6.57. The number of piperidine rings is 1. The molecule has 19 heavy (non-hydrogen) atoms. The Morgan fingerprint density at radius 3 is 2.63 bits per heavy atom. The van der Waals surface area contributed by atoms with E-state index in [0.717, 1.165) is 11.4 Å². The fourth-order valence-corrected chi connectivity index (χ4v) is 3.99. The van der Waals surface area contributed by atoms with Crippen molar-refractivity contribution in [3.8, 4) is 0 Å². The molecule has 0 saturated carbocycles. The third kappa shape index (κ3) is 2.20. The van der Waals surface area contributed by atoms with Crippen molar-refractivity contribution >= 4 is 11.6 Å². The summed E-state index contributed by atoms with van der Waals surface area (Å²) in [6.45, 7) is 6.91. The first-order chi connectivity index (χ1) is 9.02. The number of hydrogen-bond acceptors (Lipinski definition) is 2. The largest absolute Gasteiger partial charge is 0.323 e. The van der Waals surface area contributed by atoms with Crippen molar-refractivity contribution in [2.75, 3.05) is 13.1 Å². The van der Waals surface area contributed by atoms with Crippen molar-refractivity contribution < 1.29 is 0 Å². The molecule has 3 heteroatoms. The van der Waals surface area contributed by atoms with Crippen LogP contribution in [-0.4, -0.2) is 24.0 Å². The van der Waals surface area contributed by atoms with E-state index in [1.165, 1.54) is 37.1 Å². The highest BCUT2D eigenvalue weighted by Crippen LogP contribution is 2.51. The Bertz CT molecular complexity index is 476. The summed E-state index contributed by atoms with van der Waals surface area (Å²) in [5.41, 5.74) is 9.54. The van der Waals surface area contributed by atoms with E-state index in [0.29, 0.717) is 6.04 Å². The molecule has 1 heterocycles. The molecule has 1 aromatic rings. The third-order valence-electron chi connectivity index (χ3n) is 5.17. The summed E-state index contributed by atoms with van der Waals surface area (Å²) in [7, 11) is 0. The van der Waals surface area contributed by atoms with Crippen LogP contribution in [0.3, 0.4) is 0 Å². The molecule has 1 spiro atoms. The molecular weight excluding hydrogens is 256 g/mol. The molecule has 2 nitrogen and oxygen atoms in total. The molecule has 2 aliphatic rings. The third-order valence-corrected chi connectivity index (χ3v) is 5.40. The van der Waals surface area contributed by atoms with Crippen LogP contribution in [0.25, 0.3) is 0 Å². The van der Waals surface area contributed by atoms with Gasteiger partial charge in [0.1, 0.15) is 0 Å². The molecule has 2 N–H and O–H groups in total. The topological polar surface area (TPSA) is 29.3 Å². The molecule has 0 radical (unpaired) electrons. The van der Waals surface area contributed by atoms with Crippen molar-refractivity contribution in [1.29, 1.82) is 0 Å². The molecule has 1 aromatic carbocycles. The van der Waals surface area contributed by atoms with Crippen LogP contribution >= 0.6 is 11.6 Å². The van der Waals surface area contributed by atoms with E-state index in [2.05, 4.69) is 30.9 Å². The molecule has 1 aliphatic carbocycles. The zero-order valence-corrected chi connectivity index (χ0v) is 12.6. The Labute approximate surface area is 120 Å². The van der Waals surface area contributed by atoms with Crippen molar-refractivity contribution in [2.45, 2.75) is 45.2 Å². The van der Waals surface area contributed by atoms with Gasteiger partial charge in [-0.05, 0) is 74.9 Å². The predicted molar refractivity (Wildman–Crippen MR) is 80.5 cm³/mol. The molecule has 1 fully saturated rings. The standard InChI is InChI=1S/C16H23ClN2/c1-11(2)19-7-5-16(6-8-19)10-12-3-4-13(17)9-14(12)15(16)18/h3-4,9,11,15H,5-8,10,18H2,1-2H3/t15-/m1/s1. The molecular formula is C16H23ClN2. The quantitative estimate of drug-likeness (QED) is 0.853. The predicted octanol–water partition coefficient (Wildman–Crippen LogP) is 3.39. The fourth-order valence-electron chi connectivity index (χ4n) is 3.81. The van der Waals surface area contributed by atoms with Gasteiger partial charge in [0.2, 0.25) is 0 Å². The lowest BCUT2D eigenvalue weighted by molar-refractivity contribution is 0.0710. The van der Waals surface area contributed by atoms with Crippen molar-refractivity contribution in [1.82, 2.24) is 4.90 Å². The molecule has 0 amide bonds. The van der Waals surface area contributed by atoms with Gasteiger partial charge in [-0.2, -0.15) is 0 Å². The first kappa shape index (κ1) is 13.4. The van der Waals surface area contributed by atoms with Gasteiger partial charge in [-0.15, -0.1) is 0 Å². The van der Waals surface area contributed by atoms with Crippen LogP contribution in [0.15, 0.2) is 18.2 Å². The van der Waals surface area contributed by atoms with Crippen LogP contribution in [-0.2, 0) is 6.42 Å². The number of fused-ring (bicyclic) bond motifs is 1. The Kier molecular flexibility index (Phi) is 3.36. The Morgan fingerprint density at radius 1 is 1.32 bits per heavy atom. The zero-order chi connectivity index (χ0) is 13.6.